The number of nitrogens with zero attached hydrogens (tertiary/aromatic N) is 2. The third-order valence-electron chi connectivity index (χ3n) is 2.97. The Morgan fingerprint density at radius 2 is 2.00 bits per heavy atom. The lowest BCUT2D eigenvalue weighted by Crippen LogP contribution is -2.21. The van der Waals surface area contributed by atoms with E-state index in [-0.39, 0.29) is 17.3 Å². The third-order valence-corrected chi connectivity index (χ3v) is 2.97. The summed E-state index contributed by atoms with van der Waals surface area (Å²) in [5, 5.41) is 0. The number of ether oxygens (including phenoxy) is 1. The molecule has 0 atom stereocenters. The lowest BCUT2D eigenvalue weighted by Gasteiger charge is -2.21. The topological polar surface area (TPSA) is 104 Å². The molecule has 0 unspecified atom stereocenters. The number of aryl methyl sites for hydroxylation is 1. The molecule has 4 N–H and O–H groups in total. The molecule has 0 bridgehead atoms. The van der Waals surface area contributed by atoms with E-state index in [9.17, 15) is 4.79 Å². The van der Waals surface area contributed by atoms with Crippen molar-refractivity contribution in [1.82, 2.24) is 9.97 Å². The molecule has 2 heterocycles. The van der Waals surface area contributed by atoms with Gasteiger partial charge in [-0.3, -0.25) is 4.79 Å². The van der Waals surface area contributed by atoms with Crippen LogP contribution in [0.2, 0.25) is 0 Å². The molecule has 6 nitrogen and oxygen atoms in total. The van der Waals surface area contributed by atoms with Crippen LogP contribution < -0.4 is 11.5 Å². The van der Waals surface area contributed by atoms with Crippen LogP contribution in [0.25, 0.3) is 0 Å². The second-order valence-electron chi connectivity index (χ2n) is 4.18. The van der Waals surface area contributed by atoms with Gasteiger partial charge in [-0.1, -0.05) is 0 Å². The van der Waals surface area contributed by atoms with E-state index in [1.807, 2.05) is 0 Å². The summed E-state index contributed by atoms with van der Waals surface area (Å²) in [6, 6.07) is 0. The number of aromatic nitrogens is 2. The van der Waals surface area contributed by atoms with Crippen molar-refractivity contribution in [3.05, 3.63) is 17.1 Å². The number of hydrogen-bond donors (Lipinski definition) is 2. The highest BCUT2D eigenvalue weighted by Crippen LogP contribution is 2.26. The van der Waals surface area contributed by atoms with Crippen molar-refractivity contribution in [1.29, 1.82) is 0 Å². The van der Waals surface area contributed by atoms with E-state index in [1.165, 1.54) is 0 Å². The molecule has 6 heteroatoms. The van der Waals surface area contributed by atoms with Crippen LogP contribution in [-0.2, 0) is 4.74 Å². The molecule has 0 spiro atoms. The Morgan fingerprint density at radius 3 is 2.53 bits per heavy atom. The number of anilines is 1. The van der Waals surface area contributed by atoms with Crippen LogP contribution in [0.5, 0.6) is 0 Å². The third kappa shape index (κ3) is 2.36. The van der Waals surface area contributed by atoms with Crippen LogP contribution >= 0.6 is 0 Å². The van der Waals surface area contributed by atoms with Gasteiger partial charge in [0.1, 0.15) is 17.2 Å². The summed E-state index contributed by atoms with van der Waals surface area (Å²) in [6.07, 6.45) is 1.77. The molecular weight excluding hydrogens is 220 g/mol. The van der Waals surface area contributed by atoms with Crippen molar-refractivity contribution in [3.63, 3.8) is 0 Å². The number of nitrogen functional groups attached to an aromatic ring is 1. The second-order valence-corrected chi connectivity index (χ2v) is 4.18. The first kappa shape index (κ1) is 11.8. The zero-order chi connectivity index (χ0) is 12.4. The van der Waals surface area contributed by atoms with Crippen LogP contribution in [-0.4, -0.2) is 29.1 Å². The van der Waals surface area contributed by atoms with E-state index in [0.29, 0.717) is 24.7 Å². The van der Waals surface area contributed by atoms with Gasteiger partial charge in [0.05, 0.1) is 5.69 Å². The Balaban J connectivity index is 2.34. The molecule has 0 radical (unpaired) electrons. The molecule has 1 amide bonds. The highest BCUT2D eigenvalue weighted by Gasteiger charge is 2.22. The molecular formula is C11H16N4O2. The normalized spacial score (nSPS) is 17.0. The number of nitrogens with two attached hydrogens (primary N) is 2. The zero-order valence-corrected chi connectivity index (χ0v) is 9.77. The Bertz CT molecular complexity index is 418. The monoisotopic (exact) mass is 236 g/mol. The molecule has 1 aromatic heterocycles. The fourth-order valence-electron chi connectivity index (χ4n) is 2.06. The van der Waals surface area contributed by atoms with Gasteiger partial charge in [0, 0.05) is 19.1 Å². The van der Waals surface area contributed by atoms with Gasteiger partial charge in [-0.05, 0) is 19.8 Å². The van der Waals surface area contributed by atoms with Crippen molar-refractivity contribution >= 4 is 11.7 Å². The minimum absolute atomic E-state index is 0.173. The Morgan fingerprint density at radius 1 is 1.35 bits per heavy atom. The number of carbonyl (C=O) groups is 1. The van der Waals surface area contributed by atoms with E-state index in [1.54, 1.807) is 6.92 Å². The van der Waals surface area contributed by atoms with Crippen molar-refractivity contribution in [2.75, 3.05) is 18.9 Å². The Hall–Kier alpha value is -1.69. The van der Waals surface area contributed by atoms with Crippen LogP contribution in [0, 0.1) is 6.92 Å². The molecule has 0 aromatic carbocycles. The first-order valence-corrected chi connectivity index (χ1v) is 5.61. The molecule has 0 aliphatic carbocycles. The second kappa shape index (κ2) is 4.67. The highest BCUT2D eigenvalue weighted by atomic mass is 16.5. The predicted molar refractivity (Wildman–Crippen MR) is 62.5 cm³/mol. The summed E-state index contributed by atoms with van der Waals surface area (Å²) in [4.78, 5) is 19.7. The molecule has 17 heavy (non-hydrogen) atoms. The quantitative estimate of drug-likeness (QED) is 0.771. The average Bonchev–Trinajstić information content (AvgIpc) is 2.28. The van der Waals surface area contributed by atoms with E-state index < -0.39 is 5.91 Å². The minimum atomic E-state index is -0.585. The molecule has 1 saturated heterocycles. The molecule has 92 valence electrons. The summed E-state index contributed by atoms with van der Waals surface area (Å²) in [5.41, 5.74) is 11.7. The lowest BCUT2D eigenvalue weighted by atomic mass is 9.99. The van der Waals surface area contributed by atoms with Crippen molar-refractivity contribution < 1.29 is 9.53 Å². The van der Waals surface area contributed by atoms with Gasteiger partial charge < -0.3 is 16.2 Å². The van der Waals surface area contributed by atoms with Crippen LogP contribution in [0.15, 0.2) is 0 Å². The Kier molecular flexibility index (Phi) is 3.23. The van der Waals surface area contributed by atoms with Crippen molar-refractivity contribution in [2.45, 2.75) is 25.7 Å². The van der Waals surface area contributed by atoms with Crippen molar-refractivity contribution in [2.24, 2.45) is 5.73 Å². The lowest BCUT2D eigenvalue weighted by molar-refractivity contribution is 0.0835. The largest absolute Gasteiger partial charge is 0.383 e. The molecule has 2 rings (SSSR count). The Labute approximate surface area is 99.4 Å². The number of amides is 1. The summed E-state index contributed by atoms with van der Waals surface area (Å²) in [6.45, 7) is 3.15. The van der Waals surface area contributed by atoms with Gasteiger partial charge in [-0.15, -0.1) is 0 Å². The summed E-state index contributed by atoms with van der Waals surface area (Å²) >= 11 is 0. The number of rotatable bonds is 2. The minimum Gasteiger partial charge on any atom is -0.383 e. The first-order chi connectivity index (χ1) is 8.09. The van der Waals surface area contributed by atoms with Gasteiger partial charge in [0.15, 0.2) is 0 Å². The van der Waals surface area contributed by atoms with Gasteiger partial charge in [0.2, 0.25) is 0 Å². The fraction of sp³-hybridized carbons (Fsp3) is 0.545. The van der Waals surface area contributed by atoms with Gasteiger partial charge in [-0.25, -0.2) is 9.97 Å². The molecule has 1 aliphatic rings. The number of primary amides is 1. The first-order valence-electron chi connectivity index (χ1n) is 5.61. The summed E-state index contributed by atoms with van der Waals surface area (Å²) in [5.74, 6) is 0.532. The van der Waals surface area contributed by atoms with Crippen molar-refractivity contribution in [3.8, 4) is 0 Å². The SMILES string of the molecule is Cc1nc(C2CCOCC2)nc(N)c1C(N)=O. The average molecular weight is 236 g/mol. The standard InChI is InChI=1S/C11H16N4O2/c1-6-8(10(13)16)9(12)15-11(14-6)7-2-4-17-5-3-7/h7H,2-5H2,1H3,(H2,13,16)(H2,12,14,15). The molecule has 0 saturated carbocycles. The maximum absolute atomic E-state index is 11.2. The molecule has 1 aliphatic heterocycles. The maximum Gasteiger partial charge on any atom is 0.254 e. The summed E-state index contributed by atoms with van der Waals surface area (Å²) < 4.78 is 5.28. The molecule has 1 fully saturated rings. The van der Waals surface area contributed by atoms with E-state index in [4.69, 9.17) is 16.2 Å². The fourth-order valence-corrected chi connectivity index (χ4v) is 2.06. The zero-order valence-electron chi connectivity index (χ0n) is 9.77. The number of hydrogen-bond acceptors (Lipinski definition) is 5. The van der Waals surface area contributed by atoms with Gasteiger partial charge >= 0.3 is 0 Å². The predicted octanol–water partition coefficient (Wildman–Crippen LogP) is 0.360. The smallest absolute Gasteiger partial charge is 0.254 e. The van der Waals surface area contributed by atoms with Crippen LogP contribution in [0.4, 0.5) is 5.82 Å². The highest BCUT2D eigenvalue weighted by molar-refractivity contribution is 5.98. The molecule has 1 aromatic rings. The van der Waals surface area contributed by atoms with Gasteiger partial charge in [0.25, 0.3) is 5.91 Å². The van der Waals surface area contributed by atoms with E-state index in [0.717, 1.165) is 12.8 Å². The van der Waals surface area contributed by atoms with Crippen LogP contribution in [0.1, 0.15) is 40.6 Å². The van der Waals surface area contributed by atoms with Crippen LogP contribution in [0.3, 0.4) is 0 Å². The van der Waals surface area contributed by atoms with Gasteiger partial charge in [-0.2, -0.15) is 0 Å². The number of carbonyl (C=O) groups excluding carboxylic acids is 1. The summed E-state index contributed by atoms with van der Waals surface area (Å²) in [7, 11) is 0. The van der Waals surface area contributed by atoms with E-state index in [2.05, 4.69) is 9.97 Å². The van der Waals surface area contributed by atoms with E-state index >= 15 is 0 Å². The maximum atomic E-state index is 11.2.